The maximum absolute atomic E-state index is 11.0. The van der Waals surface area contributed by atoms with E-state index in [9.17, 15) is 4.79 Å². The highest BCUT2D eigenvalue weighted by Crippen LogP contribution is 2.26. The van der Waals surface area contributed by atoms with E-state index in [4.69, 9.17) is 16.2 Å². The zero-order valence-electron chi connectivity index (χ0n) is 11.1. The molecule has 0 aliphatic carbocycles. The summed E-state index contributed by atoms with van der Waals surface area (Å²) in [4.78, 5) is 11.0. The zero-order valence-corrected chi connectivity index (χ0v) is 11.1. The van der Waals surface area contributed by atoms with Gasteiger partial charge < -0.3 is 21.5 Å². The summed E-state index contributed by atoms with van der Waals surface area (Å²) in [6.45, 7) is 6.30. The molecule has 0 fully saturated rings. The van der Waals surface area contributed by atoms with Gasteiger partial charge in [-0.1, -0.05) is 0 Å². The Labute approximate surface area is 107 Å². The van der Waals surface area contributed by atoms with Crippen molar-refractivity contribution in [2.24, 2.45) is 5.73 Å². The number of rotatable bonds is 6. The maximum Gasteiger partial charge on any atom is 0.219 e. The summed E-state index contributed by atoms with van der Waals surface area (Å²) >= 11 is 0. The molecule has 1 rings (SSSR count). The van der Waals surface area contributed by atoms with Crippen molar-refractivity contribution in [2.75, 3.05) is 17.7 Å². The van der Waals surface area contributed by atoms with Crippen molar-refractivity contribution >= 4 is 17.3 Å². The number of nitrogen functional groups attached to an aromatic ring is 1. The topological polar surface area (TPSA) is 90.4 Å². The number of hydrogen-bond acceptors (Lipinski definition) is 4. The second-order valence-electron chi connectivity index (χ2n) is 4.88. The molecule has 0 heterocycles. The Balaban J connectivity index is 2.86. The third-order valence-corrected chi connectivity index (χ3v) is 2.34. The Hall–Kier alpha value is -1.91. The smallest absolute Gasteiger partial charge is 0.219 e. The first-order valence-electron chi connectivity index (χ1n) is 5.92. The molecule has 0 aliphatic heterocycles. The van der Waals surface area contributed by atoms with E-state index in [1.165, 1.54) is 0 Å². The molecular formula is C13H21N3O2. The fourth-order valence-corrected chi connectivity index (χ4v) is 1.81. The lowest BCUT2D eigenvalue weighted by Gasteiger charge is -2.26. The number of hydrogen-bond donors (Lipinski definition) is 3. The standard InChI is InChI=1S/C13H21N3O2/c1-4-18-11-6-9(14)5-10(7-11)16-13(2,3)8-12(15)17/h5-7,16H,4,8,14H2,1-3H3,(H2,15,17). The first-order chi connectivity index (χ1) is 8.32. The van der Waals surface area contributed by atoms with E-state index in [0.717, 1.165) is 5.69 Å². The van der Waals surface area contributed by atoms with E-state index in [0.29, 0.717) is 18.0 Å². The van der Waals surface area contributed by atoms with Gasteiger partial charge in [0.25, 0.3) is 0 Å². The van der Waals surface area contributed by atoms with Gasteiger partial charge in [-0.25, -0.2) is 0 Å². The Bertz CT molecular complexity index is 430. The molecule has 0 spiro atoms. The van der Waals surface area contributed by atoms with Crippen LogP contribution in [0.15, 0.2) is 18.2 Å². The van der Waals surface area contributed by atoms with Crippen LogP contribution in [0.4, 0.5) is 11.4 Å². The average molecular weight is 251 g/mol. The van der Waals surface area contributed by atoms with Gasteiger partial charge in [-0.05, 0) is 26.8 Å². The summed E-state index contributed by atoms with van der Waals surface area (Å²) in [5, 5.41) is 3.23. The predicted molar refractivity (Wildman–Crippen MR) is 73.5 cm³/mol. The highest BCUT2D eigenvalue weighted by Gasteiger charge is 2.20. The van der Waals surface area contributed by atoms with Gasteiger partial charge in [0.05, 0.1) is 6.61 Å². The summed E-state index contributed by atoms with van der Waals surface area (Å²) in [6, 6.07) is 5.41. The Morgan fingerprint density at radius 2 is 2.06 bits per heavy atom. The Morgan fingerprint density at radius 3 is 2.61 bits per heavy atom. The van der Waals surface area contributed by atoms with Gasteiger partial charge in [0.1, 0.15) is 5.75 Å². The number of primary amides is 1. The van der Waals surface area contributed by atoms with E-state index in [1.807, 2.05) is 26.8 Å². The van der Waals surface area contributed by atoms with Gasteiger partial charge in [-0.15, -0.1) is 0 Å². The van der Waals surface area contributed by atoms with E-state index < -0.39 is 5.54 Å². The van der Waals surface area contributed by atoms with Crippen molar-refractivity contribution in [3.63, 3.8) is 0 Å². The predicted octanol–water partition coefficient (Wildman–Crippen LogP) is 1.73. The van der Waals surface area contributed by atoms with Crippen LogP contribution in [0.2, 0.25) is 0 Å². The molecule has 18 heavy (non-hydrogen) atoms. The third-order valence-electron chi connectivity index (χ3n) is 2.34. The third kappa shape index (κ3) is 4.53. The SMILES string of the molecule is CCOc1cc(N)cc(NC(C)(C)CC(N)=O)c1. The minimum atomic E-state index is -0.427. The summed E-state index contributed by atoms with van der Waals surface area (Å²) in [5.74, 6) is 0.358. The van der Waals surface area contributed by atoms with Gasteiger partial charge >= 0.3 is 0 Å². The van der Waals surface area contributed by atoms with E-state index in [1.54, 1.807) is 12.1 Å². The van der Waals surface area contributed by atoms with Gasteiger partial charge in [-0.3, -0.25) is 4.79 Å². The molecule has 100 valence electrons. The molecule has 0 aliphatic rings. The lowest BCUT2D eigenvalue weighted by molar-refractivity contribution is -0.118. The molecule has 1 aromatic rings. The molecule has 0 saturated heterocycles. The molecule has 1 amide bonds. The molecular weight excluding hydrogens is 230 g/mol. The molecule has 0 aromatic heterocycles. The molecule has 5 N–H and O–H groups in total. The number of amides is 1. The Kier molecular flexibility index (Phi) is 4.42. The van der Waals surface area contributed by atoms with Gasteiger partial charge in [0, 0.05) is 35.5 Å². The number of carbonyl (C=O) groups excluding carboxylic acids is 1. The number of ether oxygens (including phenoxy) is 1. The Morgan fingerprint density at radius 1 is 1.39 bits per heavy atom. The van der Waals surface area contributed by atoms with Crippen molar-refractivity contribution in [2.45, 2.75) is 32.7 Å². The van der Waals surface area contributed by atoms with Gasteiger partial charge in [0.15, 0.2) is 0 Å². The molecule has 1 aromatic carbocycles. The molecule has 0 bridgehead atoms. The molecule has 5 heteroatoms. The lowest BCUT2D eigenvalue weighted by Crippen LogP contribution is -2.36. The maximum atomic E-state index is 11.0. The van der Waals surface area contributed by atoms with Crippen LogP contribution in [0.5, 0.6) is 5.75 Å². The van der Waals surface area contributed by atoms with E-state index >= 15 is 0 Å². The highest BCUT2D eigenvalue weighted by molar-refractivity contribution is 5.76. The van der Waals surface area contributed by atoms with Crippen LogP contribution in [0.3, 0.4) is 0 Å². The number of benzene rings is 1. The number of carbonyl (C=O) groups is 1. The van der Waals surface area contributed by atoms with E-state index in [2.05, 4.69) is 5.32 Å². The normalized spacial score (nSPS) is 11.1. The summed E-state index contributed by atoms with van der Waals surface area (Å²) < 4.78 is 5.41. The van der Waals surface area contributed by atoms with Crippen LogP contribution in [-0.2, 0) is 4.79 Å². The van der Waals surface area contributed by atoms with Crippen molar-refractivity contribution in [1.29, 1.82) is 0 Å². The fourth-order valence-electron chi connectivity index (χ4n) is 1.81. The monoisotopic (exact) mass is 251 g/mol. The van der Waals surface area contributed by atoms with Crippen molar-refractivity contribution < 1.29 is 9.53 Å². The first kappa shape index (κ1) is 14.2. The quantitative estimate of drug-likeness (QED) is 0.672. The summed E-state index contributed by atoms with van der Waals surface area (Å²) in [7, 11) is 0. The number of nitrogens with two attached hydrogens (primary N) is 2. The van der Waals surface area contributed by atoms with Crippen molar-refractivity contribution in [1.82, 2.24) is 0 Å². The zero-order chi connectivity index (χ0) is 13.8. The van der Waals surface area contributed by atoms with Crippen LogP contribution >= 0.6 is 0 Å². The van der Waals surface area contributed by atoms with Crippen molar-refractivity contribution in [3.05, 3.63) is 18.2 Å². The molecule has 0 saturated carbocycles. The van der Waals surface area contributed by atoms with Crippen LogP contribution in [0.25, 0.3) is 0 Å². The minimum Gasteiger partial charge on any atom is -0.494 e. The first-order valence-corrected chi connectivity index (χ1v) is 5.92. The second-order valence-corrected chi connectivity index (χ2v) is 4.88. The van der Waals surface area contributed by atoms with E-state index in [-0.39, 0.29) is 12.3 Å². The lowest BCUT2D eigenvalue weighted by atomic mass is 10.00. The number of anilines is 2. The van der Waals surface area contributed by atoms with Crippen LogP contribution in [0.1, 0.15) is 27.2 Å². The second kappa shape index (κ2) is 5.62. The molecule has 0 radical (unpaired) electrons. The molecule has 0 atom stereocenters. The number of nitrogens with one attached hydrogen (secondary N) is 1. The highest BCUT2D eigenvalue weighted by atomic mass is 16.5. The average Bonchev–Trinajstić information content (AvgIpc) is 2.12. The minimum absolute atomic E-state index is 0.242. The van der Waals surface area contributed by atoms with Crippen LogP contribution < -0.4 is 21.5 Å². The molecule has 0 unspecified atom stereocenters. The van der Waals surface area contributed by atoms with Gasteiger partial charge in [0.2, 0.25) is 5.91 Å². The van der Waals surface area contributed by atoms with Crippen LogP contribution in [-0.4, -0.2) is 18.1 Å². The van der Waals surface area contributed by atoms with Crippen LogP contribution in [0, 0.1) is 0 Å². The summed E-state index contributed by atoms with van der Waals surface area (Å²) in [5.41, 5.74) is 12.0. The van der Waals surface area contributed by atoms with Gasteiger partial charge in [-0.2, -0.15) is 0 Å². The summed E-state index contributed by atoms with van der Waals surface area (Å²) in [6.07, 6.45) is 0.242. The van der Waals surface area contributed by atoms with Crippen molar-refractivity contribution in [3.8, 4) is 5.75 Å². The fraction of sp³-hybridized carbons (Fsp3) is 0.462. The largest absolute Gasteiger partial charge is 0.494 e. The molecule has 5 nitrogen and oxygen atoms in total.